The van der Waals surface area contributed by atoms with Crippen molar-refractivity contribution in [2.24, 2.45) is 0 Å². The second-order valence-electron chi connectivity index (χ2n) is 2.15. The van der Waals surface area contributed by atoms with E-state index in [-0.39, 0.29) is 4.73 Å². The van der Waals surface area contributed by atoms with Crippen molar-refractivity contribution >= 4 is 5.97 Å². The first-order valence-electron chi connectivity index (χ1n) is 3.11. The number of nitrogens with one attached hydrogen (secondary N) is 1. The normalized spacial score (nSPS) is 11.4. The quantitative estimate of drug-likeness (QED) is 0.650. The van der Waals surface area contributed by atoms with Crippen LogP contribution in [0.25, 0.3) is 0 Å². The molecule has 1 aromatic rings. The van der Waals surface area contributed by atoms with Gasteiger partial charge >= 0.3 is 17.8 Å². The maximum atomic E-state index is 11.6. The summed E-state index contributed by atoms with van der Waals surface area (Å²) in [5.41, 5.74) is -1.19. The van der Waals surface area contributed by atoms with Crippen LogP contribution in [0.3, 0.4) is 0 Å². The van der Waals surface area contributed by atoms with E-state index in [4.69, 9.17) is 5.11 Å². The number of nitrogens with zero attached hydrogens (tertiary/aromatic N) is 1. The number of imidazole rings is 1. The van der Waals surface area contributed by atoms with Gasteiger partial charge in [0.1, 0.15) is 6.20 Å². The average molecular weight is 212 g/mol. The van der Waals surface area contributed by atoms with E-state index in [0.717, 1.165) is 0 Å². The minimum atomic E-state index is -5.20. The fourth-order valence-corrected chi connectivity index (χ4v) is 0.576. The largest absolute Gasteiger partial charge is 0.493 e. The summed E-state index contributed by atoms with van der Waals surface area (Å²) >= 11 is 0. The highest BCUT2D eigenvalue weighted by Crippen LogP contribution is 2.14. The molecule has 0 fully saturated rings. The van der Waals surface area contributed by atoms with Crippen molar-refractivity contribution in [3.63, 3.8) is 0 Å². The van der Waals surface area contributed by atoms with E-state index in [1.807, 2.05) is 0 Å². The second-order valence-corrected chi connectivity index (χ2v) is 2.15. The number of hydrogen-bond acceptors (Lipinski definition) is 4. The molecule has 0 unspecified atom stereocenters. The summed E-state index contributed by atoms with van der Waals surface area (Å²) < 4.78 is 34.8. The number of aromatic amines is 1. The first-order valence-corrected chi connectivity index (χ1v) is 3.11. The van der Waals surface area contributed by atoms with Crippen LogP contribution in [0.1, 0.15) is 0 Å². The van der Waals surface area contributed by atoms with Gasteiger partial charge in [0, 0.05) is 0 Å². The summed E-state index contributed by atoms with van der Waals surface area (Å²) in [5.74, 6) is -3.27. The van der Waals surface area contributed by atoms with Crippen LogP contribution in [0, 0.1) is 0 Å². The predicted molar refractivity (Wildman–Crippen MR) is 34.4 cm³/mol. The van der Waals surface area contributed by atoms with Crippen molar-refractivity contribution in [3.05, 3.63) is 16.7 Å². The minimum absolute atomic E-state index is 0.0643. The molecule has 0 aliphatic carbocycles. The third-order valence-corrected chi connectivity index (χ3v) is 1.09. The Morgan fingerprint density at radius 3 is 2.50 bits per heavy atom. The monoisotopic (exact) mass is 212 g/mol. The van der Waals surface area contributed by atoms with E-state index in [2.05, 4.69) is 4.84 Å². The molecule has 1 heterocycles. The summed E-state index contributed by atoms with van der Waals surface area (Å²) in [5, 5.41) is 8.60. The Hall–Kier alpha value is -1.93. The Kier molecular flexibility index (Phi) is 2.24. The Morgan fingerprint density at radius 2 is 2.14 bits per heavy atom. The van der Waals surface area contributed by atoms with Crippen LogP contribution in [0.4, 0.5) is 13.2 Å². The van der Waals surface area contributed by atoms with Crippen molar-refractivity contribution in [1.82, 2.24) is 9.71 Å². The molecule has 9 heteroatoms. The molecule has 0 saturated carbocycles. The van der Waals surface area contributed by atoms with Gasteiger partial charge in [0.15, 0.2) is 0 Å². The van der Waals surface area contributed by atoms with Crippen molar-refractivity contribution in [1.29, 1.82) is 0 Å². The van der Waals surface area contributed by atoms with Gasteiger partial charge in [-0.2, -0.15) is 13.2 Å². The van der Waals surface area contributed by atoms with Crippen LogP contribution in [0.2, 0.25) is 0 Å². The third-order valence-electron chi connectivity index (χ3n) is 1.09. The fourth-order valence-electron chi connectivity index (χ4n) is 0.576. The molecule has 6 nitrogen and oxygen atoms in total. The van der Waals surface area contributed by atoms with Gasteiger partial charge in [0.05, 0.1) is 0 Å². The molecule has 0 bridgehead atoms. The average Bonchev–Trinajstić information content (AvgIpc) is 2.28. The molecule has 0 spiro atoms. The Labute approximate surface area is 73.5 Å². The highest BCUT2D eigenvalue weighted by Gasteiger charge is 2.42. The number of aromatic hydroxyl groups is 1. The van der Waals surface area contributed by atoms with Crippen molar-refractivity contribution < 1.29 is 27.9 Å². The molecule has 0 aromatic carbocycles. The number of rotatable bonds is 1. The molecule has 78 valence electrons. The summed E-state index contributed by atoms with van der Waals surface area (Å²) in [4.78, 5) is 26.1. The van der Waals surface area contributed by atoms with Gasteiger partial charge in [-0.15, -0.1) is 4.73 Å². The predicted octanol–water partition coefficient (Wildman–Crippen LogP) is -0.601. The van der Waals surface area contributed by atoms with Crippen LogP contribution in [0.5, 0.6) is 5.88 Å². The minimum Gasteiger partial charge on any atom is -0.493 e. The first-order chi connectivity index (χ1) is 6.30. The topological polar surface area (TPSA) is 84.3 Å². The zero-order valence-corrected chi connectivity index (χ0v) is 6.33. The maximum absolute atomic E-state index is 11.6. The number of alkyl halides is 3. The Morgan fingerprint density at radius 1 is 1.57 bits per heavy atom. The molecule has 1 aromatic heterocycles. The van der Waals surface area contributed by atoms with Crippen LogP contribution >= 0.6 is 0 Å². The summed E-state index contributed by atoms with van der Waals surface area (Å²) in [6.45, 7) is 0. The number of carbonyl (C=O) groups is 1. The molecular weight excluding hydrogens is 209 g/mol. The molecule has 0 radical (unpaired) electrons. The van der Waals surface area contributed by atoms with Gasteiger partial charge in [-0.25, -0.2) is 9.59 Å². The van der Waals surface area contributed by atoms with Crippen LogP contribution < -0.4 is 10.5 Å². The van der Waals surface area contributed by atoms with Crippen molar-refractivity contribution in [2.45, 2.75) is 6.18 Å². The molecular formula is C5H3F3N2O4. The number of halogens is 3. The molecule has 0 atom stereocenters. The molecule has 0 aliphatic heterocycles. The van der Waals surface area contributed by atoms with Gasteiger partial charge < -0.3 is 9.94 Å². The molecule has 1 rings (SSSR count). The lowest BCUT2D eigenvalue weighted by molar-refractivity contribution is -0.200. The van der Waals surface area contributed by atoms with Crippen molar-refractivity contribution in [3.8, 4) is 5.88 Å². The lowest BCUT2D eigenvalue weighted by atomic mass is 10.7. The van der Waals surface area contributed by atoms with Gasteiger partial charge in [0.25, 0.3) is 0 Å². The van der Waals surface area contributed by atoms with Gasteiger partial charge in [-0.3, -0.25) is 4.98 Å². The number of carbonyl (C=O) groups excluding carboxylic acids is 1. The molecule has 0 aliphatic rings. The maximum Gasteiger partial charge on any atom is 0.493 e. The molecule has 2 N–H and O–H groups in total. The number of hydrogen-bond donors (Lipinski definition) is 2. The molecule has 0 saturated heterocycles. The van der Waals surface area contributed by atoms with E-state index in [1.54, 1.807) is 4.98 Å². The van der Waals surface area contributed by atoms with Crippen molar-refractivity contribution in [2.75, 3.05) is 0 Å². The third kappa shape index (κ3) is 2.06. The lowest BCUT2D eigenvalue weighted by Crippen LogP contribution is -2.37. The van der Waals surface area contributed by atoms with Crippen LogP contribution in [0.15, 0.2) is 11.0 Å². The molecule has 14 heavy (non-hydrogen) atoms. The Bertz CT molecular complexity index is 404. The second kappa shape index (κ2) is 3.09. The zero-order chi connectivity index (χ0) is 10.9. The summed E-state index contributed by atoms with van der Waals surface area (Å²) in [6.07, 6.45) is -4.71. The fraction of sp³-hybridized carbons (Fsp3) is 0.200. The molecule has 0 amide bonds. The lowest BCUT2D eigenvalue weighted by Gasteiger charge is -2.04. The zero-order valence-electron chi connectivity index (χ0n) is 6.33. The summed E-state index contributed by atoms with van der Waals surface area (Å²) in [6, 6.07) is 0. The van der Waals surface area contributed by atoms with Gasteiger partial charge in [0.2, 0.25) is 5.88 Å². The van der Waals surface area contributed by atoms with E-state index < -0.39 is 23.7 Å². The van der Waals surface area contributed by atoms with E-state index in [9.17, 15) is 22.8 Å². The highest BCUT2D eigenvalue weighted by atomic mass is 19.4. The standard InChI is InChI=1S/C5H3F3N2O4/c6-5(7,8)3(12)14-10-1-2(11)9-4(10)13/h1,11H,(H,9,13). The van der Waals surface area contributed by atoms with E-state index in [0.29, 0.717) is 6.20 Å². The van der Waals surface area contributed by atoms with Gasteiger partial charge in [-0.1, -0.05) is 0 Å². The highest BCUT2D eigenvalue weighted by molar-refractivity contribution is 5.75. The first kappa shape index (κ1) is 10.2. The Balaban J connectivity index is 2.85. The number of aromatic nitrogens is 2. The van der Waals surface area contributed by atoms with E-state index >= 15 is 0 Å². The van der Waals surface area contributed by atoms with E-state index in [1.165, 1.54) is 0 Å². The smallest absolute Gasteiger partial charge is 0.493 e. The van der Waals surface area contributed by atoms with Crippen LogP contribution in [-0.4, -0.2) is 27.0 Å². The SMILES string of the molecule is O=C(On1cc(O)[nH]c1=O)C(F)(F)F. The van der Waals surface area contributed by atoms with Crippen LogP contribution in [-0.2, 0) is 4.79 Å². The van der Waals surface area contributed by atoms with Gasteiger partial charge in [-0.05, 0) is 0 Å². The number of H-pyrrole nitrogens is 1. The summed E-state index contributed by atoms with van der Waals surface area (Å²) in [7, 11) is 0.